The molecule has 2 heterocycles. The fourth-order valence-corrected chi connectivity index (χ4v) is 1.54. The smallest absolute Gasteiger partial charge is 0.148 e. The van der Waals surface area contributed by atoms with Crippen molar-refractivity contribution in [2.24, 2.45) is 0 Å². The molecule has 0 aliphatic rings. The summed E-state index contributed by atoms with van der Waals surface area (Å²) >= 11 is 5.76. The molecular formula is C9H9ClN4. The van der Waals surface area contributed by atoms with Crippen LogP contribution in [0.25, 0.3) is 11.3 Å². The molecule has 72 valence electrons. The molecule has 4 nitrogen and oxygen atoms in total. The Labute approximate surface area is 86.4 Å². The highest BCUT2D eigenvalue weighted by atomic mass is 35.5. The lowest BCUT2D eigenvalue weighted by Gasteiger charge is -1.99. The van der Waals surface area contributed by atoms with Crippen LogP contribution in [0, 0.1) is 13.8 Å². The summed E-state index contributed by atoms with van der Waals surface area (Å²) in [4.78, 5) is 8.17. The van der Waals surface area contributed by atoms with Crippen molar-refractivity contribution in [3.63, 3.8) is 0 Å². The van der Waals surface area contributed by atoms with Crippen LogP contribution < -0.4 is 0 Å². The van der Waals surface area contributed by atoms with Crippen molar-refractivity contribution in [2.45, 2.75) is 13.8 Å². The molecule has 0 aliphatic carbocycles. The van der Waals surface area contributed by atoms with E-state index < -0.39 is 0 Å². The van der Waals surface area contributed by atoms with E-state index in [4.69, 9.17) is 11.6 Å². The van der Waals surface area contributed by atoms with Crippen molar-refractivity contribution in [1.82, 2.24) is 20.2 Å². The molecule has 5 heteroatoms. The summed E-state index contributed by atoms with van der Waals surface area (Å²) in [6.45, 7) is 3.86. The lowest BCUT2D eigenvalue weighted by atomic mass is 10.1. The van der Waals surface area contributed by atoms with E-state index in [-0.39, 0.29) is 0 Å². The zero-order valence-corrected chi connectivity index (χ0v) is 8.63. The summed E-state index contributed by atoms with van der Waals surface area (Å²) < 4.78 is 0. The third-order valence-electron chi connectivity index (χ3n) is 1.99. The molecule has 0 fully saturated rings. The van der Waals surface area contributed by atoms with Gasteiger partial charge in [-0.15, -0.1) is 0 Å². The first-order valence-electron chi connectivity index (χ1n) is 4.18. The van der Waals surface area contributed by atoms with E-state index in [1.165, 1.54) is 6.20 Å². The van der Waals surface area contributed by atoms with Gasteiger partial charge in [0.2, 0.25) is 0 Å². The molecular weight excluding hydrogens is 200 g/mol. The minimum atomic E-state index is 0.391. The quantitative estimate of drug-likeness (QED) is 0.781. The highest BCUT2D eigenvalue weighted by Gasteiger charge is 2.10. The fourth-order valence-electron chi connectivity index (χ4n) is 1.39. The second kappa shape index (κ2) is 3.38. The van der Waals surface area contributed by atoms with Gasteiger partial charge in [0.15, 0.2) is 0 Å². The molecule has 1 N–H and O–H groups in total. The highest BCUT2D eigenvalue weighted by molar-refractivity contribution is 6.29. The maximum atomic E-state index is 5.76. The molecule has 0 spiro atoms. The Hall–Kier alpha value is -1.42. The third kappa shape index (κ3) is 1.48. The molecule has 0 saturated carbocycles. The largest absolute Gasteiger partial charge is 0.282 e. The van der Waals surface area contributed by atoms with Crippen LogP contribution >= 0.6 is 11.6 Å². The summed E-state index contributed by atoms with van der Waals surface area (Å²) in [5.41, 5.74) is 3.60. The predicted molar refractivity (Wildman–Crippen MR) is 54.1 cm³/mol. The van der Waals surface area contributed by atoms with Crippen molar-refractivity contribution < 1.29 is 0 Å². The molecule has 0 aromatic carbocycles. The molecule has 2 aromatic rings. The van der Waals surface area contributed by atoms with Gasteiger partial charge in [-0.05, 0) is 13.8 Å². The minimum absolute atomic E-state index is 0.391. The molecule has 2 rings (SSSR count). The Morgan fingerprint density at radius 1 is 1.29 bits per heavy atom. The van der Waals surface area contributed by atoms with Crippen molar-refractivity contribution >= 4 is 11.6 Å². The molecule has 14 heavy (non-hydrogen) atoms. The topological polar surface area (TPSA) is 54.5 Å². The fraction of sp³-hybridized carbons (Fsp3) is 0.222. The normalized spacial score (nSPS) is 10.5. The Morgan fingerprint density at radius 3 is 2.64 bits per heavy atom. The van der Waals surface area contributed by atoms with E-state index >= 15 is 0 Å². The Kier molecular flexibility index (Phi) is 2.21. The average Bonchev–Trinajstić information content (AvgIpc) is 2.46. The maximum Gasteiger partial charge on any atom is 0.148 e. The SMILES string of the molecule is Cc1n[nH]c(C)c1-c1cncc(Cl)n1. The average molecular weight is 209 g/mol. The first-order chi connectivity index (χ1) is 6.68. The van der Waals surface area contributed by atoms with Crippen molar-refractivity contribution in [2.75, 3.05) is 0 Å². The molecule has 0 atom stereocenters. The molecule has 0 bridgehead atoms. The number of H-pyrrole nitrogens is 1. The van der Waals surface area contributed by atoms with Crippen molar-refractivity contribution in [3.8, 4) is 11.3 Å². The summed E-state index contributed by atoms with van der Waals surface area (Å²) in [5.74, 6) is 0. The number of halogens is 1. The molecule has 0 aliphatic heterocycles. The van der Waals surface area contributed by atoms with Gasteiger partial charge in [0.1, 0.15) is 5.15 Å². The van der Waals surface area contributed by atoms with E-state index in [9.17, 15) is 0 Å². The van der Waals surface area contributed by atoms with Crippen LogP contribution in [0.4, 0.5) is 0 Å². The maximum absolute atomic E-state index is 5.76. The first kappa shape index (κ1) is 9.15. The second-order valence-electron chi connectivity index (χ2n) is 3.04. The molecule has 0 saturated heterocycles. The van der Waals surface area contributed by atoms with Gasteiger partial charge in [0.05, 0.1) is 23.8 Å². The lowest BCUT2D eigenvalue weighted by molar-refractivity contribution is 1.02. The number of hydrogen-bond donors (Lipinski definition) is 1. The number of aryl methyl sites for hydroxylation is 2. The van der Waals surface area contributed by atoms with Crippen molar-refractivity contribution in [1.29, 1.82) is 0 Å². The van der Waals surface area contributed by atoms with Gasteiger partial charge in [-0.25, -0.2) is 4.98 Å². The molecule has 0 amide bonds. The second-order valence-corrected chi connectivity index (χ2v) is 3.42. The number of nitrogens with zero attached hydrogens (tertiary/aromatic N) is 3. The van der Waals surface area contributed by atoms with E-state index in [1.54, 1.807) is 6.20 Å². The Bertz CT molecular complexity index is 444. The van der Waals surface area contributed by atoms with Gasteiger partial charge >= 0.3 is 0 Å². The van der Waals surface area contributed by atoms with Gasteiger partial charge < -0.3 is 0 Å². The first-order valence-corrected chi connectivity index (χ1v) is 4.56. The number of aromatic amines is 1. The van der Waals surface area contributed by atoms with Crippen LogP contribution in [0.15, 0.2) is 12.4 Å². The molecule has 0 radical (unpaired) electrons. The van der Waals surface area contributed by atoms with E-state index in [2.05, 4.69) is 20.2 Å². The zero-order chi connectivity index (χ0) is 10.1. The standard InChI is InChI=1S/C9H9ClN4/c1-5-9(6(2)14-13-5)7-3-11-4-8(10)12-7/h3-4H,1-2H3,(H,13,14). The minimum Gasteiger partial charge on any atom is -0.282 e. The summed E-state index contributed by atoms with van der Waals surface area (Å²) in [5, 5.41) is 7.37. The monoisotopic (exact) mass is 208 g/mol. The predicted octanol–water partition coefficient (Wildman–Crippen LogP) is 2.14. The van der Waals surface area contributed by atoms with E-state index in [0.29, 0.717) is 5.15 Å². The van der Waals surface area contributed by atoms with Gasteiger partial charge in [0, 0.05) is 11.3 Å². The summed E-state index contributed by atoms with van der Waals surface area (Å²) in [6.07, 6.45) is 3.19. The van der Waals surface area contributed by atoms with E-state index in [1.807, 2.05) is 13.8 Å². The van der Waals surface area contributed by atoms with Crippen LogP contribution in [-0.2, 0) is 0 Å². The van der Waals surface area contributed by atoms with Crippen LogP contribution in [0.3, 0.4) is 0 Å². The van der Waals surface area contributed by atoms with Gasteiger partial charge in [0.25, 0.3) is 0 Å². The summed E-state index contributed by atoms with van der Waals surface area (Å²) in [6, 6.07) is 0. The number of aromatic nitrogens is 4. The van der Waals surface area contributed by atoms with Gasteiger partial charge in [-0.1, -0.05) is 11.6 Å². The van der Waals surface area contributed by atoms with Gasteiger partial charge in [-0.3, -0.25) is 10.1 Å². The van der Waals surface area contributed by atoms with Crippen molar-refractivity contribution in [3.05, 3.63) is 28.9 Å². The van der Waals surface area contributed by atoms with Crippen LogP contribution in [0.1, 0.15) is 11.4 Å². The van der Waals surface area contributed by atoms with Gasteiger partial charge in [-0.2, -0.15) is 5.10 Å². The van der Waals surface area contributed by atoms with Crippen LogP contribution in [-0.4, -0.2) is 20.2 Å². The zero-order valence-electron chi connectivity index (χ0n) is 7.87. The molecule has 2 aromatic heterocycles. The number of nitrogens with one attached hydrogen (secondary N) is 1. The van der Waals surface area contributed by atoms with E-state index in [0.717, 1.165) is 22.6 Å². The van der Waals surface area contributed by atoms with Crippen LogP contribution in [0.5, 0.6) is 0 Å². The number of hydrogen-bond acceptors (Lipinski definition) is 3. The summed E-state index contributed by atoms with van der Waals surface area (Å²) in [7, 11) is 0. The van der Waals surface area contributed by atoms with Crippen LogP contribution in [0.2, 0.25) is 5.15 Å². The lowest BCUT2D eigenvalue weighted by Crippen LogP contribution is -1.88. The highest BCUT2D eigenvalue weighted by Crippen LogP contribution is 2.23. The number of rotatable bonds is 1. The Morgan fingerprint density at radius 2 is 2.07 bits per heavy atom. The molecule has 0 unspecified atom stereocenters. The Balaban J connectivity index is 2.59. The third-order valence-corrected chi connectivity index (χ3v) is 2.17.